The standard InChI is InChI=1S/C8H3BrF2N2O2/c9-6-5(8(14)15)4(7(10)11)3(1-12)2-13-6/h2,7H,(H,14,15). The highest BCUT2D eigenvalue weighted by molar-refractivity contribution is 9.10. The molecule has 0 bridgehead atoms. The summed E-state index contributed by atoms with van der Waals surface area (Å²) in [6.45, 7) is 0. The number of pyridine rings is 1. The number of aromatic nitrogens is 1. The van der Waals surface area contributed by atoms with Crippen LogP contribution in [0.15, 0.2) is 10.8 Å². The fourth-order valence-corrected chi connectivity index (χ4v) is 1.51. The number of aromatic carboxylic acids is 1. The summed E-state index contributed by atoms with van der Waals surface area (Å²) in [5, 5.41) is 17.2. The molecule has 0 aliphatic carbocycles. The van der Waals surface area contributed by atoms with Gasteiger partial charge in [-0.05, 0) is 15.9 Å². The van der Waals surface area contributed by atoms with Crippen LogP contribution in [0.4, 0.5) is 8.78 Å². The zero-order valence-corrected chi connectivity index (χ0v) is 8.62. The molecule has 0 aromatic carbocycles. The van der Waals surface area contributed by atoms with E-state index in [0.717, 1.165) is 6.20 Å². The molecule has 0 saturated carbocycles. The molecule has 78 valence electrons. The van der Waals surface area contributed by atoms with Crippen LogP contribution < -0.4 is 0 Å². The zero-order chi connectivity index (χ0) is 11.6. The van der Waals surface area contributed by atoms with Crippen molar-refractivity contribution < 1.29 is 18.7 Å². The lowest BCUT2D eigenvalue weighted by Gasteiger charge is -2.07. The molecular formula is C8H3BrF2N2O2. The van der Waals surface area contributed by atoms with Crippen LogP contribution in [0, 0.1) is 11.3 Å². The van der Waals surface area contributed by atoms with Gasteiger partial charge in [0.15, 0.2) is 0 Å². The van der Waals surface area contributed by atoms with Crippen LogP contribution in [0.1, 0.15) is 27.9 Å². The Kier molecular flexibility index (Phi) is 3.31. The quantitative estimate of drug-likeness (QED) is 0.842. The van der Waals surface area contributed by atoms with Crippen molar-refractivity contribution in [1.82, 2.24) is 4.98 Å². The SMILES string of the molecule is N#Cc1cnc(Br)c(C(=O)O)c1C(F)F. The topological polar surface area (TPSA) is 74.0 Å². The van der Waals surface area contributed by atoms with Crippen molar-refractivity contribution in [3.8, 4) is 6.07 Å². The third-order valence-electron chi connectivity index (χ3n) is 1.63. The number of alkyl halides is 2. The number of nitrogens with zero attached hydrogens (tertiary/aromatic N) is 2. The molecule has 1 rings (SSSR count). The summed E-state index contributed by atoms with van der Waals surface area (Å²) in [6.07, 6.45) is -2.14. The summed E-state index contributed by atoms with van der Waals surface area (Å²) in [5.41, 5.74) is -1.93. The van der Waals surface area contributed by atoms with Crippen LogP contribution in [0.3, 0.4) is 0 Å². The average molecular weight is 277 g/mol. The minimum absolute atomic E-state index is 0.218. The average Bonchev–Trinajstić information content (AvgIpc) is 2.16. The largest absolute Gasteiger partial charge is 0.478 e. The Hall–Kier alpha value is -1.55. The molecule has 0 radical (unpaired) electrons. The first-order valence-electron chi connectivity index (χ1n) is 3.59. The lowest BCUT2D eigenvalue weighted by atomic mass is 10.1. The van der Waals surface area contributed by atoms with E-state index in [0.29, 0.717) is 0 Å². The van der Waals surface area contributed by atoms with Crippen molar-refractivity contribution in [2.24, 2.45) is 0 Å². The molecule has 1 aromatic rings. The van der Waals surface area contributed by atoms with Gasteiger partial charge in [-0.15, -0.1) is 0 Å². The number of hydrogen-bond acceptors (Lipinski definition) is 3. The predicted molar refractivity (Wildman–Crippen MR) is 48.6 cm³/mol. The Morgan fingerprint density at radius 3 is 2.67 bits per heavy atom. The van der Waals surface area contributed by atoms with Crippen LogP contribution >= 0.6 is 15.9 Å². The van der Waals surface area contributed by atoms with Crippen molar-refractivity contribution >= 4 is 21.9 Å². The molecular weight excluding hydrogens is 274 g/mol. The summed E-state index contributed by atoms with van der Waals surface area (Å²) in [5.74, 6) is -1.55. The summed E-state index contributed by atoms with van der Waals surface area (Å²) in [6, 6.07) is 1.47. The van der Waals surface area contributed by atoms with Crippen molar-refractivity contribution in [3.63, 3.8) is 0 Å². The third kappa shape index (κ3) is 2.10. The first-order chi connectivity index (χ1) is 6.99. The Labute approximate surface area is 91.3 Å². The highest BCUT2D eigenvalue weighted by atomic mass is 79.9. The van der Waals surface area contributed by atoms with Crippen LogP contribution in [0.2, 0.25) is 0 Å². The van der Waals surface area contributed by atoms with E-state index in [4.69, 9.17) is 10.4 Å². The number of nitriles is 1. The van der Waals surface area contributed by atoms with E-state index in [1.807, 2.05) is 0 Å². The minimum Gasteiger partial charge on any atom is -0.478 e. The summed E-state index contributed by atoms with van der Waals surface area (Å²) in [4.78, 5) is 14.2. The molecule has 0 aliphatic heterocycles. The second-order valence-electron chi connectivity index (χ2n) is 2.47. The minimum atomic E-state index is -3.04. The van der Waals surface area contributed by atoms with Gasteiger partial charge in [-0.3, -0.25) is 0 Å². The second kappa shape index (κ2) is 4.31. The van der Waals surface area contributed by atoms with Gasteiger partial charge >= 0.3 is 5.97 Å². The normalized spacial score (nSPS) is 10.1. The maximum Gasteiger partial charge on any atom is 0.339 e. The van der Waals surface area contributed by atoms with Gasteiger partial charge in [-0.25, -0.2) is 18.6 Å². The molecule has 0 saturated heterocycles. The Morgan fingerprint density at radius 2 is 2.27 bits per heavy atom. The number of carboxylic acid groups (broad SMARTS) is 1. The van der Waals surface area contributed by atoms with Gasteiger partial charge in [0.25, 0.3) is 6.43 Å². The van der Waals surface area contributed by atoms with E-state index in [1.54, 1.807) is 0 Å². The summed E-state index contributed by atoms with van der Waals surface area (Å²) in [7, 11) is 0. The molecule has 0 unspecified atom stereocenters. The van der Waals surface area contributed by atoms with E-state index < -0.39 is 29.1 Å². The molecule has 0 amide bonds. The maximum atomic E-state index is 12.6. The van der Waals surface area contributed by atoms with Gasteiger partial charge in [-0.2, -0.15) is 5.26 Å². The first kappa shape index (κ1) is 11.5. The maximum absolute atomic E-state index is 12.6. The zero-order valence-electron chi connectivity index (χ0n) is 7.04. The predicted octanol–water partition coefficient (Wildman–Crippen LogP) is 2.35. The van der Waals surface area contributed by atoms with Crippen molar-refractivity contribution in [3.05, 3.63) is 27.5 Å². The molecule has 7 heteroatoms. The smallest absolute Gasteiger partial charge is 0.339 e. The van der Waals surface area contributed by atoms with E-state index >= 15 is 0 Å². The molecule has 4 nitrogen and oxygen atoms in total. The van der Waals surface area contributed by atoms with Gasteiger partial charge in [0.05, 0.1) is 11.1 Å². The monoisotopic (exact) mass is 276 g/mol. The van der Waals surface area contributed by atoms with E-state index in [2.05, 4.69) is 20.9 Å². The van der Waals surface area contributed by atoms with E-state index in [1.165, 1.54) is 6.07 Å². The molecule has 1 heterocycles. The molecule has 0 spiro atoms. The summed E-state index contributed by atoms with van der Waals surface area (Å²) < 4.78 is 24.9. The molecule has 0 fully saturated rings. The lowest BCUT2D eigenvalue weighted by Crippen LogP contribution is -2.08. The van der Waals surface area contributed by atoms with Crippen molar-refractivity contribution in [2.45, 2.75) is 6.43 Å². The molecule has 0 atom stereocenters. The highest BCUT2D eigenvalue weighted by Crippen LogP contribution is 2.30. The first-order valence-corrected chi connectivity index (χ1v) is 4.38. The Bertz CT molecular complexity index is 457. The molecule has 1 N–H and O–H groups in total. The van der Waals surface area contributed by atoms with Gasteiger partial charge in [-0.1, -0.05) is 0 Å². The number of hydrogen-bond donors (Lipinski definition) is 1. The summed E-state index contributed by atoms with van der Waals surface area (Å²) >= 11 is 2.74. The third-order valence-corrected chi connectivity index (χ3v) is 2.23. The fraction of sp³-hybridized carbons (Fsp3) is 0.125. The van der Waals surface area contributed by atoms with Gasteiger partial charge in [0.1, 0.15) is 16.2 Å². The molecule has 15 heavy (non-hydrogen) atoms. The molecule has 1 aromatic heterocycles. The second-order valence-corrected chi connectivity index (χ2v) is 3.22. The van der Waals surface area contributed by atoms with Crippen LogP contribution in [0.25, 0.3) is 0 Å². The van der Waals surface area contributed by atoms with Gasteiger partial charge in [0, 0.05) is 6.20 Å². The van der Waals surface area contributed by atoms with Crippen molar-refractivity contribution in [1.29, 1.82) is 5.26 Å². The van der Waals surface area contributed by atoms with E-state index in [9.17, 15) is 13.6 Å². The Morgan fingerprint density at radius 1 is 1.67 bits per heavy atom. The van der Waals surface area contributed by atoms with E-state index in [-0.39, 0.29) is 4.60 Å². The molecule has 0 aliphatic rings. The Balaban J connectivity index is 3.60. The fourth-order valence-electron chi connectivity index (χ4n) is 1.02. The van der Waals surface area contributed by atoms with Crippen molar-refractivity contribution in [2.75, 3.05) is 0 Å². The lowest BCUT2D eigenvalue weighted by molar-refractivity contribution is 0.0682. The highest BCUT2D eigenvalue weighted by Gasteiger charge is 2.25. The van der Waals surface area contributed by atoms with Gasteiger partial charge < -0.3 is 5.11 Å². The number of carboxylic acids is 1. The van der Waals surface area contributed by atoms with Crippen LogP contribution in [-0.2, 0) is 0 Å². The number of rotatable bonds is 2. The number of carbonyl (C=O) groups is 1. The van der Waals surface area contributed by atoms with Crippen LogP contribution in [-0.4, -0.2) is 16.1 Å². The van der Waals surface area contributed by atoms with Crippen LogP contribution in [0.5, 0.6) is 0 Å². The number of halogens is 3. The van der Waals surface area contributed by atoms with Gasteiger partial charge in [0.2, 0.25) is 0 Å².